The molecular weight excluding hydrogens is 184 g/mol. The number of nitrogens with two attached hydrogens (primary N) is 1. The van der Waals surface area contributed by atoms with Crippen LogP contribution in [0.3, 0.4) is 0 Å². The Bertz CT molecular complexity index is 348. The van der Waals surface area contributed by atoms with Gasteiger partial charge >= 0.3 is 0 Å². The maximum Gasteiger partial charge on any atom is 0.0587 e. The number of nitrogens with zero attached hydrogens (tertiary/aromatic N) is 1. The second kappa shape index (κ2) is 3.95. The van der Waals surface area contributed by atoms with Crippen LogP contribution in [0.4, 0.5) is 0 Å². The van der Waals surface area contributed by atoms with Gasteiger partial charge in [-0.25, -0.2) is 0 Å². The van der Waals surface area contributed by atoms with Gasteiger partial charge in [0.05, 0.1) is 5.54 Å². The van der Waals surface area contributed by atoms with E-state index < -0.39 is 0 Å². The first-order valence-electron chi connectivity index (χ1n) is 5.74. The second-order valence-electron chi connectivity index (χ2n) is 4.41. The highest BCUT2D eigenvalue weighted by molar-refractivity contribution is 5.39. The topological polar surface area (TPSA) is 29.3 Å². The molecule has 2 nitrogen and oxygen atoms in total. The van der Waals surface area contributed by atoms with Crippen molar-refractivity contribution < 1.29 is 0 Å². The Morgan fingerprint density at radius 2 is 2.13 bits per heavy atom. The van der Waals surface area contributed by atoms with Crippen LogP contribution < -0.4 is 5.73 Å². The fourth-order valence-corrected chi connectivity index (χ4v) is 2.74. The Morgan fingerprint density at radius 1 is 1.40 bits per heavy atom. The van der Waals surface area contributed by atoms with Crippen LogP contribution in [-0.4, -0.2) is 25.0 Å². The molecule has 0 fully saturated rings. The van der Waals surface area contributed by atoms with Crippen LogP contribution in [0.5, 0.6) is 0 Å². The summed E-state index contributed by atoms with van der Waals surface area (Å²) in [5.41, 5.74) is 9.02. The average molecular weight is 204 g/mol. The van der Waals surface area contributed by atoms with E-state index in [1.165, 1.54) is 11.1 Å². The van der Waals surface area contributed by atoms with Gasteiger partial charge in [0.15, 0.2) is 0 Å². The summed E-state index contributed by atoms with van der Waals surface area (Å²) in [6, 6.07) is 8.72. The molecule has 0 aliphatic heterocycles. The van der Waals surface area contributed by atoms with Crippen LogP contribution in [0.2, 0.25) is 0 Å². The molecule has 15 heavy (non-hydrogen) atoms. The largest absolute Gasteiger partial charge is 0.328 e. The highest BCUT2D eigenvalue weighted by Crippen LogP contribution is 2.39. The van der Waals surface area contributed by atoms with Gasteiger partial charge in [-0.2, -0.15) is 0 Å². The van der Waals surface area contributed by atoms with Crippen LogP contribution >= 0.6 is 0 Å². The molecule has 1 unspecified atom stereocenters. The molecule has 1 aromatic rings. The minimum absolute atomic E-state index is 0.0886. The van der Waals surface area contributed by atoms with Crippen molar-refractivity contribution in [2.24, 2.45) is 5.73 Å². The van der Waals surface area contributed by atoms with Gasteiger partial charge in [-0.15, -0.1) is 0 Å². The molecule has 0 aromatic heterocycles. The van der Waals surface area contributed by atoms with E-state index >= 15 is 0 Å². The number of hydrogen-bond donors (Lipinski definition) is 1. The van der Waals surface area contributed by atoms with Crippen molar-refractivity contribution in [3.63, 3.8) is 0 Å². The number of benzene rings is 1. The molecule has 0 spiro atoms. The zero-order chi connectivity index (χ0) is 10.9. The highest BCUT2D eigenvalue weighted by Gasteiger charge is 2.39. The summed E-state index contributed by atoms with van der Waals surface area (Å²) >= 11 is 0. The zero-order valence-corrected chi connectivity index (χ0v) is 9.66. The number of aryl methyl sites for hydroxylation is 1. The van der Waals surface area contributed by atoms with Gasteiger partial charge in [-0.05, 0) is 37.6 Å². The third-order valence-corrected chi connectivity index (χ3v) is 3.87. The second-order valence-corrected chi connectivity index (χ2v) is 4.41. The van der Waals surface area contributed by atoms with Gasteiger partial charge in [0.2, 0.25) is 0 Å². The van der Waals surface area contributed by atoms with Crippen molar-refractivity contribution in [3.8, 4) is 0 Å². The summed E-state index contributed by atoms with van der Waals surface area (Å²) < 4.78 is 0. The normalized spacial score (nSPS) is 24.5. The third-order valence-electron chi connectivity index (χ3n) is 3.87. The summed E-state index contributed by atoms with van der Waals surface area (Å²) in [6.07, 6.45) is 2.32. The molecule has 82 valence electrons. The fraction of sp³-hybridized carbons (Fsp3) is 0.538. The fourth-order valence-electron chi connectivity index (χ4n) is 2.74. The van der Waals surface area contributed by atoms with E-state index in [2.05, 4.69) is 43.1 Å². The Balaban J connectivity index is 2.45. The summed E-state index contributed by atoms with van der Waals surface area (Å²) in [5, 5.41) is 0. The Kier molecular flexibility index (Phi) is 2.81. The van der Waals surface area contributed by atoms with Crippen molar-refractivity contribution in [2.45, 2.75) is 25.3 Å². The first-order chi connectivity index (χ1) is 7.24. The molecule has 2 rings (SSSR count). The van der Waals surface area contributed by atoms with Crippen molar-refractivity contribution in [2.75, 3.05) is 20.1 Å². The lowest BCUT2D eigenvalue weighted by Gasteiger charge is -2.38. The molecule has 0 bridgehead atoms. The number of likely N-dealkylation sites (N-methyl/N-ethyl adjacent to an activating group) is 1. The molecule has 1 aliphatic rings. The highest BCUT2D eigenvalue weighted by atomic mass is 15.2. The summed E-state index contributed by atoms with van der Waals surface area (Å²) in [7, 11) is 2.18. The zero-order valence-electron chi connectivity index (χ0n) is 9.66. The smallest absolute Gasteiger partial charge is 0.0587 e. The molecular formula is C13H20N2. The molecule has 0 saturated heterocycles. The minimum Gasteiger partial charge on any atom is -0.328 e. The van der Waals surface area contributed by atoms with E-state index in [0.29, 0.717) is 6.54 Å². The molecule has 2 heteroatoms. The van der Waals surface area contributed by atoms with Gasteiger partial charge in [-0.3, -0.25) is 4.90 Å². The molecule has 0 saturated carbocycles. The van der Waals surface area contributed by atoms with E-state index in [0.717, 1.165) is 19.4 Å². The van der Waals surface area contributed by atoms with Crippen LogP contribution in [0.25, 0.3) is 0 Å². The first-order valence-corrected chi connectivity index (χ1v) is 5.74. The Labute approximate surface area is 92.1 Å². The predicted octanol–water partition coefficient (Wildman–Crippen LogP) is 1.74. The standard InChI is InChI=1S/C13H20N2/c1-3-15(2)13(10-14)9-8-11-6-4-5-7-12(11)13/h4-7H,3,8-10,14H2,1-2H3. The van der Waals surface area contributed by atoms with Crippen LogP contribution in [0.15, 0.2) is 24.3 Å². The number of fused-ring (bicyclic) bond motifs is 1. The van der Waals surface area contributed by atoms with Crippen LogP contribution in [0, 0.1) is 0 Å². The summed E-state index contributed by atoms with van der Waals surface area (Å²) in [4.78, 5) is 2.39. The van der Waals surface area contributed by atoms with Crippen molar-refractivity contribution in [1.29, 1.82) is 0 Å². The predicted molar refractivity (Wildman–Crippen MR) is 63.8 cm³/mol. The maximum atomic E-state index is 6.02. The van der Waals surface area contributed by atoms with Gasteiger partial charge in [0.1, 0.15) is 0 Å². The Morgan fingerprint density at radius 3 is 2.80 bits per heavy atom. The molecule has 0 heterocycles. The van der Waals surface area contributed by atoms with E-state index in [1.54, 1.807) is 0 Å². The summed E-state index contributed by atoms with van der Waals surface area (Å²) in [6.45, 7) is 3.96. The van der Waals surface area contributed by atoms with E-state index in [4.69, 9.17) is 5.73 Å². The van der Waals surface area contributed by atoms with Gasteiger partial charge in [0.25, 0.3) is 0 Å². The van der Waals surface area contributed by atoms with Crippen LogP contribution in [0.1, 0.15) is 24.5 Å². The van der Waals surface area contributed by atoms with Crippen molar-refractivity contribution in [3.05, 3.63) is 35.4 Å². The first kappa shape index (κ1) is 10.7. The number of hydrogen-bond acceptors (Lipinski definition) is 2. The van der Waals surface area contributed by atoms with Gasteiger partial charge < -0.3 is 5.73 Å². The minimum atomic E-state index is 0.0886. The number of rotatable bonds is 3. The van der Waals surface area contributed by atoms with E-state index in [9.17, 15) is 0 Å². The SMILES string of the molecule is CCN(C)C1(CN)CCc2ccccc21. The van der Waals surface area contributed by atoms with Crippen molar-refractivity contribution >= 4 is 0 Å². The lowest BCUT2D eigenvalue weighted by Crippen LogP contribution is -2.47. The molecule has 1 aliphatic carbocycles. The van der Waals surface area contributed by atoms with Crippen molar-refractivity contribution in [1.82, 2.24) is 4.90 Å². The van der Waals surface area contributed by atoms with Gasteiger partial charge in [0, 0.05) is 6.54 Å². The molecule has 2 N–H and O–H groups in total. The van der Waals surface area contributed by atoms with E-state index in [1.807, 2.05) is 0 Å². The molecule has 0 radical (unpaired) electrons. The Hall–Kier alpha value is -0.860. The maximum absolute atomic E-state index is 6.02. The monoisotopic (exact) mass is 204 g/mol. The molecule has 1 atom stereocenters. The summed E-state index contributed by atoms with van der Waals surface area (Å²) in [5.74, 6) is 0. The lowest BCUT2D eigenvalue weighted by atomic mass is 9.90. The average Bonchev–Trinajstić information content (AvgIpc) is 2.68. The molecule has 0 amide bonds. The lowest BCUT2D eigenvalue weighted by molar-refractivity contribution is 0.133. The van der Waals surface area contributed by atoms with Crippen LogP contribution in [-0.2, 0) is 12.0 Å². The molecule has 1 aromatic carbocycles. The van der Waals surface area contributed by atoms with E-state index in [-0.39, 0.29) is 5.54 Å². The quantitative estimate of drug-likeness (QED) is 0.812. The van der Waals surface area contributed by atoms with Gasteiger partial charge in [-0.1, -0.05) is 31.2 Å². The third kappa shape index (κ3) is 1.48.